The Balaban J connectivity index is 1.46. The van der Waals surface area contributed by atoms with Crippen molar-refractivity contribution in [2.24, 2.45) is 0 Å². The summed E-state index contributed by atoms with van der Waals surface area (Å²) in [4.78, 5) is 38.8. The van der Waals surface area contributed by atoms with Crippen LogP contribution >= 0.6 is 11.6 Å². The zero-order chi connectivity index (χ0) is 21.3. The van der Waals surface area contributed by atoms with Crippen LogP contribution in [0.5, 0.6) is 11.5 Å². The Labute approximate surface area is 178 Å². The van der Waals surface area contributed by atoms with Crippen LogP contribution in [0.2, 0.25) is 5.02 Å². The number of nitrogens with zero attached hydrogens (tertiary/aromatic N) is 1. The smallest absolute Gasteiger partial charge is 0.325 e. The molecule has 2 aliphatic heterocycles. The minimum absolute atomic E-state index is 0.414. The number of ether oxygens (including phenoxy) is 2. The van der Waals surface area contributed by atoms with Gasteiger partial charge in [0.1, 0.15) is 12.1 Å². The molecule has 156 valence electrons. The average molecular weight is 430 g/mol. The Bertz CT molecular complexity index is 1010. The molecule has 1 saturated heterocycles. The van der Waals surface area contributed by atoms with Crippen molar-refractivity contribution in [2.75, 3.05) is 25.1 Å². The molecule has 9 heteroatoms. The van der Waals surface area contributed by atoms with E-state index in [4.69, 9.17) is 21.1 Å². The highest BCUT2D eigenvalue weighted by Crippen LogP contribution is 2.33. The summed E-state index contributed by atoms with van der Waals surface area (Å²) >= 11 is 5.90. The quantitative estimate of drug-likeness (QED) is 0.728. The fraction of sp³-hybridized carbons (Fsp3) is 0.286. The maximum absolute atomic E-state index is 12.9. The number of imide groups is 1. The van der Waals surface area contributed by atoms with Gasteiger partial charge < -0.3 is 20.1 Å². The number of hydrogen-bond acceptors (Lipinski definition) is 5. The van der Waals surface area contributed by atoms with Crippen LogP contribution in [0, 0.1) is 0 Å². The van der Waals surface area contributed by atoms with Crippen molar-refractivity contribution in [1.82, 2.24) is 10.2 Å². The molecule has 0 bridgehead atoms. The normalized spacial score (nSPS) is 20.5. The Morgan fingerprint density at radius 2 is 1.83 bits per heavy atom. The van der Waals surface area contributed by atoms with Crippen molar-refractivity contribution in [3.05, 3.63) is 53.1 Å². The van der Waals surface area contributed by atoms with Gasteiger partial charge in [-0.1, -0.05) is 23.7 Å². The summed E-state index contributed by atoms with van der Waals surface area (Å²) in [5.74, 6) is 0.130. The first-order valence-corrected chi connectivity index (χ1v) is 9.84. The second-order valence-electron chi connectivity index (χ2n) is 7.21. The van der Waals surface area contributed by atoms with Gasteiger partial charge in [0, 0.05) is 23.2 Å². The van der Waals surface area contributed by atoms with Crippen molar-refractivity contribution < 1.29 is 23.9 Å². The van der Waals surface area contributed by atoms with Crippen LogP contribution in [0.25, 0.3) is 0 Å². The molecule has 2 aromatic carbocycles. The first-order chi connectivity index (χ1) is 14.4. The van der Waals surface area contributed by atoms with Crippen LogP contribution in [0.3, 0.4) is 0 Å². The van der Waals surface area contributed by atoms with E-state index in [2.05, 4.69) is 10.6 Å². The van der Waals surface area contributed by atoms with Crippen molar-refractivity contribution in [2.45, 2.75) is 18.9 Å². The molecule has 0 radical (unpaired) electrons. The summed E-state index contributed by atoms with van der Waals surface area (Å²) < 4.78 is 11.2. The number of halogens is 1. The van der Waals surface area contributed by atoms with Gasteiger partial charge in [-0.15, -0.1) is 0 Å². The van der Waals surface area contributed by atoms with E-state index in [0.29, 0.717) is 41.0 Å². The van der Waals surface area contributed by atoms with Crippen LogP contribution in [-0.2, 0) is 15.1 Å². The zero-order valence-electron chi connectivity index (χ0n) is 16.2. The van der Waals surface area contributed by atoms with Gasteiger partial charge in [0.05, 0.1) is 13.2 Å². The molecule has 4 rings (SSSR count). The summed E-state index contributed by atoms with van der Waals surface area (Å²) in [5, 5.41) is 5.87. The van der Waals surface area contributed by atoms with Crippen LogP contribution in [0.4, 0.5) is 10.5 Å². The van der Waals surface area contributed by atoms with Crippen molar-refractivity contribution in [3.63, 3.8) is 0 Å². The molecule has 1 atom stereocenters. The highest BCUT2D eigenvalue weighted by Gasteiger charge is 2.49. The molecule has 0 saturated carbocycles. The number of nitrogens with one attached hydrogen (secondary N) is 2. The van der Waals surface area contributed by atoms with E-state index in [9.17, 15) is 14.4 Å². The number of amides is 4. The minimum atomic E-state index is -1.27. The van der Waals surface area contributed by atoms with Gasteiger partial charge >= 0.3 is 6.03 Å². The van der Waals surface area contributed by atoms with Crippen LogP contribution < -0.4 is 20.1 Å². The Hall–Kier alpha value is -3.26. The summed E-state index contributed by atoms with van der Waals surface area (Å²) in [6.07, 6.45) is 0.773. The number of hydrogen-bond donors (Lipinski definition) is 2. The first-order valence-electron chi connectivity index (χ1n) is 9.46. The summed E-state index contributed by atoms with van der Waals surface area (Å²) in [7, 11) is 0. The molecule has 2 heterocycles. The second-order valence-corrected chi connectivity index (χ2v) is 7.65. The summed E-state index contributed by atoms with van der Waals surface area (Å²) in [6.45, 7) is 2.27. The number of anilines is 1. The largest absolute Gasteiger partial charge is 0.490 e. The van der Waals surface area contributed by atoms with E-state index in [-0.39, 0.29) is 0 Å². The molecule has 4 amide bonds. The lowest BCUT2D eigenvalue weighted by Crippen LogP contribution is -2.42. The molecule has 8 nitrogen and oxygen atoms in total. The van der Waals surface area contributed by atoms with Crippen molar-refractivity contribution in [1.29, 1.82) is 0 Å². The van der Waals surface area contributed by atoms with E-state index in [1.807, 2.05) is 0 Å². The van der Waals surface area contributed by atoms with E-state index >= 15 is 0 Å². The van der Waals surface area contributed by atoms with Gasteiger partial charge in [0.15, 0.2) is 11.5 Å². The predicted octanol–water partition coefficient (Wildman–Crippen LogP) is 2.91. The molecule has 2 aromatic rings. The SMILES string of the molecule is C[C@@]1(c2ccc(Cl)cc2)NC(=O)N(CC(=O)Nc2ccc3c(c2)OCCCO3)C1=O. The van der Waals surface area contributed by atoms with E-state index in [1.54, 1.807) is 49.4 Å². The maximum atomic E-state index is 12.9. The number of carbonyl (C=O) groups is 3. The highest BCUT2D eigenvalue weighted by molar-refractivity contribution is 6.30. The van der Waals surface area contributed by atoms with Gasteiger partial charge in [0.25, 0.3) is 5.91 Å². The van der Waals surface area contributed by atoms with Crippen molar-refractivity contribution >= 4 is 35.1 Å². The fourth-order valence-electron chi connectivity index (χ4n) is 3.40. The molecule has 1 fully saturated rings. The maximum Gasteiger partial charge on any atom is 0.325 e. The van der Waals surface area contributed by atoms with Crippen LogP contribution in [0.15, 0.2) is 42.5 Å². The number of carbonyl (C=O) groups excluding carboxylic acids is 3. The Morgan fingerprint density at radius 3 is 2.57 bits per heavy atom. The van der Waals surface area contributed by atoms with Gasteiger partial charge in [-0.05, 0) is 36.8 Å². The van der Waals surface area contributed by atoms with Gasteiger partial charge in [-0.25, -0.2) is 4.79 Å². The molecular weight excluding hydrogens is 410 g/mol. The Kier molecular flexibility index (Phi) is 5.26. The monoisotopic (exact) mass is 429 g/mol. The molecule has 30 heavy (non-hydrogen) atoms. The molecule has 0 spiro atoms. The lowest BCUT2D eigenvalue weighted by Gasteiger charge is -2.22. The summed E-state index contributed by atoms with van der Waals surface area (Å²) in [5.41, 5.74) is -0.204. The topological polar surface area (TPSA) is 97.0 Å². The zero-order valence-corrected chi connectivity index (χ0v) is 17.0. The number of fused-ring (bicyclic) bond motifs is 1. The average Bonchev–Trinajstić information content (AvgIpc) is 2.88. The Morgan fingerprint density at radius 1 is 1.13 bits per heavy atom. The molecule has 0 aliphatic carbocycles. The highest BCUT2D eigenvalue weighted by atomic mass is 35.5. The van der Waals surface area contributed by atoms with Gasteiger partial charge in [-0.3, -0.25) is 14.5 Å². The van der Waals surface area contributed by atoms with Gasteiger partial charge in [0.2, 0.25) is 5.91 Å². The van der Waals surface area contributed by atoms with Crippen molar-refractivity contribution in [3.8, 4) is 11.5 Å². The molecule has 2 aliphatic rings. The lowest BCUT2D eigenvalue weighted by molar-refractivity contribution is -0.133. The van der Waals surface area contributed by atoms with E-state index < -0.39 is 29.9 Å². The lowest BCUT2D eigenvalue weighted by atomic mass is 9.92. The summed E-state index contributed by atoms with van der Waals surface area (Å²) in [6, 6.07) is 11.0. The second kappa shape index (κ2) is 7.87. The van der Waals surface area contributed by atoms with E-state index in [1.165, 1.54) is 0 Å². The predicted molar refractivity (Wildman–Crippen MR) is 110 cm³/mol. The molecular formula is C21H20ClN3O5. The van der Waals surface area contributed by atoms with E-state index in [0.717, 1.165) is 11.3 Å². The molecule has 0 aromatic heterocycles. The first kappa shape index (κ1) is 20.0. The third kappa shape index (κ3) is 3.78. The number of benzene rings is 2. The van der Waals surface area contributed by atoms with Crippen LogP contribution in [0.1, 0.15) is 18.9 Å². The molecule has 0 unspecified atom stereocenters. The standard InChI is InChI=1S/C21H20ClN3O5/c1-21(13-3-5-14(22)6-4-13)19(27)25(20(28)24-21)12-18(26)23-15-7-8-16-17(11-15)30-10-2-9-29-16/h3-8,11H,2,9-10,12H2,1H3,(H,23,26)(H,24,28)/t21-/m0/s1. The van der Waals surface area contributed by atoms with Crippen LogP contribution in [-0.4, -0.2) is 42.5 Å². The third-order valence-electron chi connectivity index (χ3n) is 5.03. The fourth-order valence-corrected chi connectivity index (χ4v) is 3.53. The number of rotatable bonds is 4. The van der Waals surface area contributed by atoms with Gasteiger partial charge in [-0.2, -0.15) is 0 Å². The third-order valence-corrected chi connectivity index (χ3v) is 5.28. The molecule has 2 N–H and O–H groups in total. The minimum Gasteiger partial charge on any atom is -0.490 e. The number of urea groups is 1.